The topological polar surface area (TPSA) is 133 Å². The van der Waals surface area contributed by atoms with Gasteiger partial charge in [-0.15, -0.1) is 0 Å². The number of aromatic carboxylic acids is 1. The van der Waals surface area contributed by atoms with E-state index in [2.05, 4.69) is 12.2 Å². The van der Waals surface area contributed by atoms with E-state index >= 15 is 0 Å². The maximum absolute atomic E-state index is 11.8. The Balaban J connectivity index is 2.62. The lowest BCUT2D eigenvalue weighted by atomic mass is 10.1. The van der Waals surface area contributed by atoms with Crippen LogP contribution in [-0.2, 0) is 9.53 Å². The molecule has 0 fully saturated rings. The number of carbonyl (C=O) groups is 3. The fourth-order valence-corrected chi connectivity index (χ4v) is 2.25. The predicted octanol–water partition coefficient (Wildman–Crippen LogP) is 3.45. The smallest absolute Gasteiger partial charge is 0.412 e. The molecule has 0 aromatic heterocycles. The Morgan fingerprint density at radius 2 is 1.80 bits per heavy atom. The van der Waals surface area contributed by atoms with E-state index in [-0.39, 0.29) is 17.7 Å². The van der Waals surface area contributed by atoms with Crippen LogP contribution in [0.3, 0.4) is 0 Å². The molecule has 0 saturated carbocycles. The molecule has 25 heavy (non-hydrogen) atoms. The predicted molar refractivity (Wildman–Crippen MR) is 90.0 cm³/mol. The van der Waals surface area contributed by atoms with Crippen LogP contribution in [0.25, 0.3) is 0 Å². The highest BCUT2D eigenvalue weighted by atomic mass is 16.6. The fourth-order valence-electron chi connectivity index (χ4n) is 2.25. The van der Waals surface area contributed by atoms with E-state index in [9.17, 15) is 19.5 Å². The van der Waals surface area contributed by atoms with Crippen molar-refractivity contribution in [3.63, 3.8) is 0 Å². The summed E-state index contributed by atoms with van der Waals surface area (Å²) < 4.78 is 4.87. The number of benzene rings is 1. The van der Waals surface area contributed by atoms with Crippen LogP contribution in [0.5, 0.6) is 5.75 Å². The molecule has 1 amide bonds. The van der Waals surface area contributed by atoms with Gasteiger partial charge < -0.3 is 20.1 Å². The highest BCUT2D eigenvalue weighted by Gasteiger charge is 2.23. The SMILES string of the molecule is CCCCCCCC(OC(=O)Nc1cccc(C(=O)O)c1O)C(=O)O. The van der Waals surface area contributed by atoms with Gasteiger partial charge in [0.2, 0.25) is 6.10 Å². The molecule has 1 aromatic carbocycles. The molecule has 1 unspecified atom stereocenters. The van der Waals surface area contributed by atoms with Crippen molar-refractivity contribution in [1.29, 1.82) is 0 Å². The van der Waals surface area contributed by atoms with Crippen LogP contribution in [0.15, 0.2) is 18.2 Å². The Hall–Kier alpha value is -2.77. The summed E-state index contributed by atoms with van der Waals surface area (Å²) >= 11 is 0. The number of hydrogen-bond donors (Lipinski definition) is 4. The van der Waals surface area contributed by atoms with Crippen LogP contribution in [-0.4, -0.2) is 39.5 Å². The van der Waals surface area contributed by atoms with Gasteiger partial charge in [0.05, 0.1) is 5.69 Å². The number of phenols is 1. The second-order valence-corrected chi connectivity index (χ2v) is 5.57. The van der Waals surface area contributed by atoms with Gasteiger partial charge in [0.25, 0.3) is 0 Å². The van der Waals surface area contributed by atoms with Crippen molar-refractivity contribution < 1.29 is 34.4 Å². The normalized spacial score (nSPS) is 11.6. The quantitative estimate of drug-likeness (QED) is 0.374. The molecule has 4 N–H and O–H groups in total. The van der Waals surface area contributed by atoms with Gasteiger partial charge in [-0.25, -0.2) is 14.4 Å². The van der Waals surface area contributed by atoms with Gasteiger partial charge >= 0.3 is 18.0 Å². The molecule has 1 rings (SSSR count). The summed E-state index contributed by atoms with van der Waals surface area (Å²) in [5.74, 6) is -3.24. The molecule has 0 aliphatic heterocycles. The Morgan fingerprint density at radius 3 is 2.40 bits per heavy atom. The van der Waals surface area contributed by atoms with Gasteiger partial charge in [-0.1, -0.05) is 38.7 Å². The maximum Gasteiger partial charge on any atom is 0.412 e. The van der Waals surface area contributed by atoms with Crippen LogP contribution < -0.4 is 5.32 Å². The first kappa shape index (κ1) is 20.3. The van der Waals surface area contributed by atoms with Gasteiger partial charge in [-0.3, -0.25) is 5.32 Å². The number of carboxylic acid groups (broad SMARTS) is 2. The van der Waals surface area contributed by atoms with Crippen molar-refractivity contribution in [2.75, 3.05) is 5.32 Å². The first-order valence-corrected chi connectivity index (χ1v) is 8.12. The summed E-state index contributed by atoms with van der Waals surface area (Å²) in [4.78, 5) is 34.0. The Morgan fingerprint density at radius 1 is 1.12 bits per heavy atom. The monoisotopic (exact) mass is 353 g/mol. The van der Waals surface area contributed by atoms with E-state index in [1.807, 2.05) is 0 Å². The van der Waals surface area contributed by atoms with Crippen LogP contribution in [0, 0.1) is 0 Å². The molecule has 0 radical (unpaired) electrons. The van der Waals surface area contributed by atoms with E-state index in [1.165, 1.54) is 18.2 Å². The third-order valence-corrected chi connectivity index (χ3v) is 3.60. The van der Waals surface area contributed by atoms with Crippen molar-refractivity contribution in [2.24, 2.45) is 0 Å². The van der Waals surface area contributed by atoms with Gasteiger partial charge in [0.1, 0.15) is 5.56 Å². The molecule has 8 heteroatoms. The lowest BCUT2D eigenvalue weighted by molar-refractivity contribution is -0.146. The first-order chi connectivity index (χ1) is 11.9. The second kappa shape index (κ2) is 10.2. The maximum atomic E-state index is 11.8. The molecule has 1 atom stereocenters. The number of unbranched alkanes of at least 4 members (excludes halogenated alkanes) is 4. The fraction of sp³-hybridized carbons (Fsp3) is 0.471. The molecular formula is C17H23NO7. The van der Waals surface area contributed by atoms with E-state index in [0.717, 1.165) is 25.7 Å². The number of rotatable bonds is 10. The molecular weight excluding hydrogens is 330 g/mol. The zero-order valence-electron chi connectivity index (χ0n) is 14.0. The minimum Gasteiger partial charge on any atom is -0.505 e. The van der Waals surface area contributed by atoms with Gasteiger partial charge in [0, 0.05) is 0 Å². The number of para-hydroxylation sites is 1. The van der Waals surface area contributed by atoms with Crippen molar-refractivity contribution >= 4 is 23.7 Å². The number of carbonyl (C=O) groups excluding carboxylic acids is 1. The average molecular weight is 353 g/mol. The number of aliphatic carboxylic acids is 1. The summed E-state index contributed by atoms with van der Waals surface area (Å²) in [6.45, 7) is 2.07. The number of amides is 1. The summed E-state index contributed by atoms with van der Waals surface area (Å²) in [5, 5.41) is 30.0. The molecule has 138 valence electrons. The van der Waals surface area contributed by atoms with E-state index in [0.29, 0.717) is 6.42 Å². The van der Waals surface area contributed by atoms with E-state index < -0.39 is 29.9 Å². The molecule has 0 spiro atoms. The molecule has 0 bridgehead atoms. The van der Waals surface area contributed by atoms with Gasteiger partial charge in [0.15, 0.2) is 5.75 Å². The number of carboxylic acids is 2. The van der Waals surface area contributed by atoms with Crippen molar-refractivity contribution in [2.45, 2.75) is 51.6 Å². The number of hydrogen-bond acceptors (Lipinski definition) is 5. The number of anilines is 1. The molecule has 0 saturated heterocycles. The van der Waals surface area contributed by atoms with Crippen molar-refractivity contribution in [3.05, 3.63) is 23.8 Å². The van der Waals surface area contributed by atoms with Crippen LogP contribution >= 0.6 is 0 Å². The van der Waals surface area contributed by atoms with Crippen molar-refractivity contribution in [3.8, 4) is 5.75 Å². The Bertz CT molecular complexity index is 615. The van der Waals surface area contributed by atoms with Crippen LogP contribution in [0.4, 0.5) is 10.5 Å². The van der Waals surface area contributed by atoms with E-state index in [4.69, 9.17) is 14.9 Å². The third kappa shape index (κ3) is 6.70. The summed E-state index contributed by atoms with van der Waals surface area (Å²) in [6.07, 6.45) is 2.41. The lowest BCUT2D eigenvalue weighted by Gasteiger charge is -2.15. The van der Waals surface area contributed by atoms with Gasteiger partial charge in [-0.2, -0.15) is 0 Å². The minimum atomic E-state index is -1.36. The zero-order chi connectivity index (χ0) is 18.8. The minimum absolute atomic E-state index is 0.169. The number of aromatic hydroxyl groups is 1. The number of nitrogens with one attached hydrogen (secondary N) is 1. The summed E-state index contributed by atoms with van der Waals surface area (Å²) in [6, 6.07) is 3.79. The summed E-state index contributed by atoms with van der Waals surface area (Å²) in [5.41, 5.74) is -0.555. The second-order valence-electron chi connectivity index (χ2n) is 5.57. The lowest BCUT2D eigenvalue weighted by Crippen LogP contribution is -2.29. The first-order valence-electron chi connectivity index (χ1n) is 8.12. The van der Waals surface area contributed by atoms with Crippen LogP contribution in [0.2, 0.25) is 0 Å². The summed E-state index contributed by atoms with van der Waals surface area (Å²) in [7, 11) is 0. The highest BCUT2D eigenvalue weighted by molar-refractivity contribution is 5.96. The highest BCUT2D eigenvalue weighted by Crippen LogP contribution is 2.27. The number of ether oxygens (including phenoxy) is 1. The van der Waals surface area contributed by atoms with E-state index in [1.54, 1.807) is 0 Å². The molecule has 8 nitrogen and oxygen atoms in total. The van der Waals surface area contributed by atoms with Crippen molar-refractivity contribution in [1.82, 2.24) is 0 Å². The Labute approximate surface area is 145 Å². The standard InChI is InChI=1S/C17H23NO7/c1-2-3-4-5-6-10-13(16(22)23)25-17(24)18-12-9-7-8-11(14(12)19)15(20)21/h7-9,13,19H,2-6,10H2,1H3,(H,18,24)(H,20,21)(H,22,23). The molecule has 0 heterocycles. The molecule has 1 aromatic rings. The molecule has 0 aliphatic carbocycles. The average Bonchev–Trinajstić information content (AvgIpc) is 2.55. The van der Waals surface area contributed by atoms with Crippen LogP contribution in [0.1, 0.15) is 55.8 Å². The Kier molecular flexibility index (Phi) is 8.25. The largest absolute Gasteiger partial charge is 0.505 e. The third-order valence-electron chi connectivity index (χ3n) is 3.60. The zero-order valence-corrected chi connectivity index (χ0v) is 14.0. The molecule has 0 aliphatic rings. The van der Waals surface area contributed by atoms with Gasteiger partial charge in [-0.05, 0) is 25.0 Å².